The van der Waals surface area contributed by atoms with Gasteiger partial charge in [0.25, 0.3) is 0 Å². The Hall–Kier alpha value is -1.49. The minimum Gasteiger partial charge on any atom is -0.488 e. The van der Waals surface area contributed by atoms with Crippen LogP contribution in [0.2, 0.25) is 0 Å². The minimum atomic E-state index is -0.0205. The Balaban J connectivity index is 0.00000722. The van der Waals surface area contributed by atoms with Gasteiger partial charge in [-0.25, -0.2) is 0 Å². The molecule has 2 N–H and O–H groups in total. The Morgan fingerprint density at radius 1 is 0.718 bits per heavy atom. The maximum Gasteiger partial charge on any atom is 0.223 e. The van der Waals surface area contributed by atoms with Gasteiger partial charge in [-0.05, 0) is 31.4 Å². The zero-order valence-electron chi connectivity index (χ0n) is 24.5. The number of unbranched alkanes of at least 4 members (excludes halogenated alkanes) is 15. The predicted molar refractivity (Wildman–Crippen MR) is 173 cm³/mol. The summed E-state index contributed by atoms with van der Waals surface area (Å²) in [5, 5.41) is 0. The van der Waals surface area contributed by atoms with E-state index in [-0.39, 0.29) is 30.2 Å². The van der Waals surface area contributed by atoms with Gasteiger partial charge in [-0.15, -0.1) is 24.8 Å². The maximum atomic E-state index is 12.6. The van der Waals surface area contributed by atoms with Crippen LogP contribution in [0, 0.1) is 0 Å². The summed E-state index contributed by atoms with van der Waals surface area (Å²) >= 11 is 0. The molecule has 0 aliphatic heterocycles. The molecular weight excluding hydrogens is 527 g/mol. The quantitative estimate of drug-likeness (QED) is 0.133. The monoisotopic (exact) mass is 582 g/mol. The number of benzene rings is 1. The largest absolute Gasteiger partial charge is 0.488 e. The number of nitrogens with zero attached hydrogens (tertiary/aromatic N) is 1. The second kappa shape index (κ2) is 25.5. The summed E-state index contributed by atoms with van der Waals surface area (Å²) in [7, 11) is 0. The van der Waals surface area contributed by atoms with E-state index in [1.165, 1.54) is 102 Å². The number of halogens is 2. The number of rotatable bonds is 23. The topological polar surface area (TPSA) is 57.2 Å². The average Bonchev–Trinajstić information content (AvgIpc) is 2.91. The number of hydrogen-bond acceptors (Lipinski definition) is 3. The molecule has 0 bridgehead atoms. The summed E-state index contributed by atoms with van der Waals surface area (Å²) in [5.41, 5.74) is 7.93. The van der Waals surface area contributed by atoms with E-state index in [1.54, 1.807) is 6.07 Å². The zero-order chi connectivity index (χ0) is 26.4. The van der Waals surface area contributed by atoms with Gasteiger partial charge in [0.05, 0.1) is 12.8 Å². The summed E-state index contributed by atoms with van der Waals surface area (Å²) in [6, 6.07) is 12.1. The summed E-state index contributed by atoms with van der Waals surface area (Å²) in [5.74, 6) is 0.466. The molecule has 6 heteroatoms. The van der Waals surface area contributed by atoms with Gasteiger partial charge in [0.2, 0.25) is 5.43 Å². The van der Waals surface area contributed by atoms with Crippen molar-refractivity contribution in [1.82, 2.24) is 4.57 Å². The van der Waals surface area contributed by atoms with Gasteiger partial charge < -0.3 is 15.0 Å². The number of aromatic nitrogens is 1. The van der Waals surface area contributed by atoms with E-state index in [2.05, 4.69) is 23.6 Å². The highest BCUT2D eigenvalue weighted by Crippen LogP contribution is 2.15. The molecule has 0 saturated carbocycles. The van der Waals surface area contributed by atoms with Crippen molar-refractivity contribution in [1.29, 1.82) is 0 Å². The highest BCUT2D eigenvalue weighted by molar-refractivity contribution is 5.85. The van der Waals surface area contributed by atoms with Crippen LogP contribution < -0.4 is 15.9 Å². The van der Waals surface area contributed by atoms with Crippen LogP contribution >= 0.6 is 24.8 Å². The van der Waals surface area contributed by atoms with Gasteiger partial charge in [0.1, 0.15) is 0 Å². The van der Waals surface area contributed by atoms with Crippen molar-refractivity contribution >= 4 is 24.8 Å². The smallest absolute Gasteiger partial charge is 0.223 e. The molecule has 2 aromatic rings. The third kappa shape index (κ3) is 17.7. The van der Waals surface area contributed by atoms with E-state index >= 15 is 0 Å². The minimum absolute atomic E-state index is 0. The van der Waals surface area contributed by atoms with Gasteiger partial charge in [0, 0.05) is 18.3 Å². The molecule has 1 heterocycles. The first kappa shape index (κ1) is 37.5. The molecule has 0 unspecified atom stereocenters. The lowest BCUT2D eigenvalue weighted by Crippen LogP contribution is -2.17. The lowest BCUT2D eigenvalue weighted by molar-refractivity contribution is 0.298. The van der Waals surface area contributed by atoms with Crippen molar-refractivity contribution in [3.8, 4) is 5.75 Å². The highest BCUT2D eigenvalue weighted by atomic mass is 35.5. The van der Waals surface area contributed by atoms with Crippen LogP contribution in [0.5, 0.6) is 5.75 Å². The molecule has 224 valence electrons. The van der Waals surface area contributed by atoms with E-state index in [1.807, 2.05) is 24.4 Å². The molecule has 0 saturated heterocycles. The first-order chi connectivity index (χ1) is 18.2. The van der Waals surface area contributed by atoms with E-state index in [0.29, 0.717) is 18.9 Å². The molecule has 0 radical (unpaired) electrons. The van der Waals surface area contributed by atoms with Crippen LogP contribution in [0.25, 0.3) is 0 Å². The molecule has 0 aliphatic rings. The van der Waals surface area contributed by atoms with Gasteiger partial charge in [-0.1, -0.05) is 134 Å². The molecule has 0 spiro atoms. The second-order valence-electron chi connectivity index (χ2n) is 10.7. The third-order valence-electron chi connectivity index (χ3n) is 7.27. The molecule has 1 aromatic carbocycles. The normalized spacial score (nSPS) is 10.6. The average molecular weight is 584 g/mol. The molecule has 0 fully saturated rings. The van der Waals surface area contributed by atoms with Crippen LogP contribution in [0.4, 0.5) is 0 Å². The summed E-state index contributed by atoms with van der Waals surface area (Å²) in [6.07, 6.45) is 25.2. The Bertz CT molecular complexity index is 874. The van der Waals surface area contributed by atoms with Gasteiger partial charge in [0.15, 0.2) is 5.75 Å². The first-order valence-electron chi connectivity index (χ1n) is 15.3. The van der Waals surface area contributed by atoms with E-state index in [4.69, 9.17) is 10.5 Å². The Morgan fingerprint density at radius 3 is 1.74 bits per heavy atom. The Labute approximate surface area is 251 Å². The summed E-state index contributed by atoms with van der Waals surface area (Å²) in [4.78, 5) is 12.6. The Morgan fingerprint density at radius 2 is 1.23 bits per heavy atom. The zero-order valence-corrected chi connectivity index (χ0v) is 26.2. The van der Waals surface area contributed by atoms with E-state index < -0.39 is 0 Å². The SMILES string of the molecule is CCCCCCCCCCCCCCCCCCOc1cn(Cc2ccccc2)c(CCCN)cc1=O.Cl.Cl. The van der Waals surface area contributed by atoms with Crippen molar-refractivity contribution in [2.75, 3.05) is 13.2 Å². The molecule has 0 aliphatic carbocycles. The van der Waals surface area contributed by atoms with Gasteiger partial charge in [-0.3, -0.25) is 4.79 Å². The van der Waals surface area contributed by atoms with Crippen LogP contribution in [0.3, 0.4) is 0 Å². The van der Waals surface area contributed by atoms with Crippen molar-refractivity contribution < 1.29 is 4.74 Å². The standard InChI is InChI=1S/C33H54N2O2.2ClH/c1-2-3-4-5-6-7-8-9-10-11-12-13-14-15-16-20-26-37-33-29-35(28-30-22-18-17-19-23-30)31(24-21-25-34)27-32(33)36;;/h17-19,22-23,27,29H,2-16,20-21,24-26,28,34H2,1H3;2*1H. The number of ether oxygens (including phenoxy) is 1. The number of nitrogens with two attached hydrogens (primary N) is 1. The number of hydrogen-bond donors (Lipinski definition) is 1. The van der Waals surface area contributed by atoms with Crippen molar-refractivity contribution in [2.24, 2.45) is 5.73 Å². The van der Waals surface area contributed by atoms with Crippen LogP contribution in [-0.4, -0.2) is 17.7 Å². The summed E-state index contributed by atoms with van der Waals surface area (Å²) in [6.45, 7) is 4.25. The lowest BCUT2D eigenvalue weighted by Gasteiger charge is -2.16. The molecule has 2 rings (SSSR count). The summed E-state index contributed by atoms with van der Waals surface area (Å²) < 4.78 is 8.08. The molecular formula is C33H56Cl2N2O2. The molecule has 1 aromatic heterocycles. The van der Waals surface area contributed by atoms with E-state index in [9.17, 15) is 4.79 Å². The molecule has 0 atom stereocenters. The predicted octanol–water partition coefficient (Wildman–Crippen LogP) is 9.27. The third-order valence-corrected chi connectivity index (χ3v) is 7.27. The molecule has 4 nitrogen and oxygen atoms in total. The van der Waals surface area contributed by atoms with Gasteiger partial charge in [-0.2, -0.15) is 0 Å². The lowest BCUT2D eigenvalue weighted by atomic mass is 10.0. The maximum absolute atomic E-state index is 12.6. The fourth-order valence-electron chi connectivity index (χ4n) is 4.96. The fourth-order valence-corrected chi connectivity index (χ4v) is 4.96. The van der Waals surface area contributed by atoms with Crippen LogP contribution in [0.1, 0.15) is 127 Å². The van der Waals surface area contributed by atoms with Crippen LogP contribution in [0.15, 0.2) is 47.4 Å². The molecule has 39 heavy (non-hydrogen) atoms. The van der Waals surface area contributed by atoms with E-state index in [0.717, 1.165) is 31.5 Å². The van der Waals surface area contributed by atoms with Crippen LogP contribution in [-0.2, 0) is 13.0 Å². The van der Waals surface area contributed by atoms with Crippen molar-refractivity contribution in [3.63, 3.8) is 0 Å². The highest BCUT2D eigenvalue weighted by Gasteiger charge is 2.09. The first-order valence-corrected chi connectivity index (χ1v) is 15.3. The van der Waals surface area contributed by atoms with Gasteiger partial charge >= 0.3 is 0 Å². The second-order valence-corrected chi connectivity index (χ2v) is 10.7. The number of aryl methyl sites for hydroxylation is 1. The number of pyridine rings is 1. The van der Waals surface area contributed by atoms with Crippen molar-refractivity contribution in [3.05, 3.63) is 64.1 Å². The fraction of sp³-hybridized carbons (Fsp3) is 0.667. The van der Waals surface area contributed by atoms with Crippen molar-refractivity contribution in [2.45, 2.75) is 129 Å². The molecule has 0 amide bonds. The Kier molecular flexibility index (Phi) is 24.5.